The molecule has 0 heterocycles. The van der Waals surface area contributed by atoms with Crippen molar-refractivity contribution < 1.29 is 9.53 Å². The van der Waals surface area contributed by atoms with Crippen molar-refractivity contribution in [1.29, 1.82) is 0 Å². The molecule has 0 saturated heterocycles. The number of hydrogen-bond donors (Lipinski definition) is 2. The van der Waals surface area contributed by atoms with E-state index in [2.05, 4.69) is 24.1 Å². The number of nitrogen functional groups attached to an aromatic ring is 1. The topological polar surface area (TPSA) is 67.6 Å². The molecule has 1 rings (SSSR count). The van der Waals surface area contributed by atoms with Gasteiger partial charge < -0.3 is 20.7 Å². The van der Waals surface area contributed by atoms with Crippen LogP contribution in [0.5, 0.6) is 5.75 Å². The lowest BCUT2D eigenvalue weighted by Gasteiger charge is -2.19. The zero-order valence-corrected chi connectivity index (χ0v) is 12.6. The molecule has 3 N–H and O–H groups in total. The average Bonchev–Trinajstić information content (AvgIpc) is 2.46. The Kier molecular flexibility index (Phi) is 6.87. The predicted octanol–water partition coefficient (Wildman–Crippen LogP) is 1.74. The van der Waals surface area contributed by atoms with Crippen molar-refractivity contribution in [1.82, 2.24) is 10.2 Å². The van der Waals surface area contributed by atoms with E-state index in [1.807, 2.05) is 0 Å². The molecule has 0 atom stereocenters. The van der Waals surface area contributed by atoms with Crippen LogP contribution in [0.2, 0.25) is 0 Å². The summed E-state index contributed by atoms with van der Waals surface area (Å²) >= 11 is 0. The first-order valence-corrected chi connectivity index (χ1v) is 7.07. The molecule has 0 aliphatic carbocycles. The first-order valence-electron chi connectivity index (χ1n) is 7.07. The summed E-state index contributed by atoms with van der Waals surface area (Å²) in [7, 11) is 1.54. The Morgan fingerprint density at radius 2 is 2.10 bits per heavy atom. The fraction of sp³-hybridized carbons (Fsp3) is 0.533. The number of methoxy groups -OCH3 is 1. The number of carbonyl (C=O) groups is 1. The summed E-state index contributed by atoms with van der Waals surface area (Å²) in [6.45, 7) is 7.78. The van der Waals surface area contributed by atoms with E-state index >= 15 is 0 Å². The number of para-hydroxylation sites is 1. The van der Waals surface area contributed by atoms with Gasteiger partial charge in [-0.3, -0.25) is 4.79 Å². The third-order valence-electron chi connectivity index (χ3n) is 3.23. The lowest BCUT2D eigenvalue weighted by Crippen LogP contribution is -2.35. The minimum absolute atomic E-state index is 0.158. The summed E-state index contributed by atoms with van der Waals surface area (Å²) in [5.41, 5.74) is 6.75. The van der Waals surface area contributed by atoms with E-state index in [0.29, 0.717) is 23.5 Å². The smallest absolute Gasteiger partial charge is 0.253 e. The molecule has 0 radical (unpaired) electrons. The molecule has 0 unspecified atom stereocenters. The van der Waals surface area contributed by atoms with E-state index in [4.69, 9.17) is 10.5 Å². The molecule has 20 heavy (non-hydrogen) atoms. The van der Waals surface area contributed by atoms with Gasteiger partial charge >= 0.3 is 0 Å². The van der Waals surface area contributed by atoms with E-state index in [-0.39, 0.29) is 5.91 Å². The maximum atomic E-state index is 12.1. The molecule has 5 nitrogen and oxygen atoms in total. The molecule has 0 spiro atoms. The molecule has 0 fully saturated rings. The van der Waals surface area contributed by atoms with Crippen LogP contribution in [0.25, 0.3) is 0 Å². The Morgan fingerprint density at radius 1 is 1.35 bits per heavy atom. The number of amides is 1. The quantitative estimate of drug-likeness (QED) is 0.711. The highest BCUT2D eigenvalue weighted by Gasteiger charge is 2.12. The summed E-state index contributed by atoms with van der Waals surface area (Å²) in [5.74, 6) is 0.368. The number of hydrogen-bond acceptors (Lipinski definition) is 4. The standard InChI is InChI=1S/C15H25N3O2/c1-4-10-18(5-2)11-9-17-15(19)12-7-6-8-13(20-3)14(12)16/h6-8H,4-5,9-11,16H2,1-3H3,(H,17,19). The third-order valence-corrected chi connectivity index (χ3v) is 3.23. The van der Waals surface area contributed by atoms with Crippen LogP contribution in [0.15, 0.2) is 18.2 Å². The Hall–Kier alpha value is -1.75. The average molecular weight is 279 g/mol. The Labute approximate surface area is 121 Å². The molecule has 5 heteroatoms. The molecule has 112 valence electrons. The zero-order valence-electron chi connectivity index (χ0n) is 12.6. The second kappa shape index (κ2) is 8.43. The van der Waals surface area contributed by atoms with Gasteiger partial charge in [0, 0.05) is 13.1 Å². The lowest BCUT2D eigenvalue weighted by atomic mass is 10.1. The molecule has 0 saturated carbocycles. The zero-order chi connectivity index (χ0) is 15.0. The predicted molar refractivity (Wildman–Crippen MR) is 82.1 cm³/mol. The monoisotopic (exact) mass is 279 g/mol. The first kappa shape index (κ1) is 16.3. The van der Waals surface area contributed by atoms with Gasteiger partial charge in [0.25, 0.3) is 5.91 Å². The highest BCUT2D eigenvalue weighted by molar-refractivity contribution is 6.00. The number of likely N-dealkylation sites (N-methyl/N-ethyl adjacent to an activating group) is 1. The van der Waals surface area contributed by atoms with Crippen LogP contribution in [0.4, 0.5) is 5.69 Å². The van der Waals surface area contributed by atoms with Gasteiger partial charge in [0.2, 0.25) is 0 Å². The molecule has 0 aromatic heterocycles. The molecule has 1 aromatic carbocycles. The minimum atomic E-state index is -0.158. The Bertz CT molecular complexity index is 435. The molecular formula is C15H25N3O2. The number of anilines is 1. The van der Waals surface area contributed by atoms with Crippen molar-refractivity contribution in [3.8, 4) is 5.75 Å². The van der Waals surface area contributed by atoms with Gasteiger partial charge in [-0.15, -0.1) is 0 Å². The maximum absolute atomic E-state index is 12.1. The van der Waals surface area contributed by atoms with Crippen molar-refractivity contribution in [2.45, 2.75) is 20.3 Å². The maximum Gasteiger partial charge on any atom is 0.253 e. The summed E-state index contributed by atoms with van der Waals surface area (Å²) in [6, 6.07) is 5.21. The van der Waals surface area contributed by atoms with Crippen LogP contribution in [0.3, 0.4) is 0 Å². The van der Waals surface area contributed by atoms with Gasteiger partial charge in [-0.1, -0.05) is 19.9 Å². The number of nitrogens with one attached hydrogen (secondary N) is 1. The van der Waals surface area contributed by atoms with Crippen LogP contribution < -0.4 is 15.8 Å². The number of carbonyl (C=O) groups excluding carboxylic acids is 1. The van der Waals surface area contributed by atoms with Gasteiger partial charge in [-0.05, 0) is 31.6 Å². The Morgan fingerprint density at radius 3 is 2.70 bits per heavy atom. The largest absolute Gasteiger partial charge is 0.495 e. The van der Waals surface area contributed by atoms with E-state index in [0.717, 1.165) is 26.1 Å². The molecule has 1 amide bonds. The number of ether oxygens (including phenoxy) is 1. The van der Waals surface area contributed by atoms with Crippen molar-refractivity contribution in [3.05, 3.63) is 23.8 Å². The van der Waals surface area contributed by atoms with Crippen LogP contribution in [-0.2, 0) is 0 Å². The summed E-state index contributed by atoms with van der Waals surface area (Å²) in [5, 5.41) is 2.90. The molecule has 0 bridgehead atoms. The van der Waals surface area contributed by atoms with Crippen LogP contribution in [0.1, 0.15) is 30.6 Å². The van der Waals surface area contributed by atoms with Crippen LogP contribution in [-0.4, -0.2) is 44.1 Å². The summed E-state index contributed by atoms with van der Waals surface area (Å²) < 4.78 is 5.11. The number of benzene rings is 1. The van der Waals surface area contributed by atoms with Crippen molar-refractivity contribution >= 4 is 11.6 Å². The van der Waals surface area contributed by atoms with E-state index in [1.165, 1.54) is 7.11 Å². The summed E-state index contributed by atoms with van der Waals surface area (Å²) in [6.07, 6.45) is 1.12. The van der Waals surface area contributed by atoms with Crippen molar-refractivity contribution in [3.63, 3.8) is 0 Å². The van der Waals surface area contributed by atoms with Gasteiger partial charge in [0.05, 0.1) is 18.4 Å². The van der Waals surface area contributed by atoms with Crippen LogP contribution >= 0.6 is 0 Å². The number of rotatable bonds is 8. The van der Waals surface area contributed by atoms with Gasteiger partial charge in [-0.25, -0.2) is 0 Å². The normalized spacial score (nSPS) is 10.6. The number of nitrogens with zero attached hydrogens (tertiary/aromatic N) is 1. The lowest BCUT2D eigenvalue weighted by molar-refractivity contribution is 0.0949. The van der Waals surface area contributed by atoms with Crippen molar-refractivity contribution in [2.75, 3.05) is 39.0 Å². The summed E-state index contributed by atoms with van der Waals surface area (Å²) in [4.78, 5) is 14.4. The second-order valence-electron chi connectivity index (χ2n) is 4.61. The van der Waals surface area contributed by atoms with E-state index < -0.39 is 0 Å². The third kappa shape index (κ3) is 4.42. The van der Waals surface area contributed by atoms with E-state index in [9.17, 15) is 4.79 Å². The minimum Gasteiger partial charge on any atom is -0.495 e. The highest BCUT2D eigenvalue weighted by Crippen LogP contribution is 2.24. The molecule has 0 aliphatic heterocycles. The first-order chi connectivity index (χ1) is 9.63. The SMILES string of the molecule is CCCN(CC)CCNC(=O)c1cccc(OC)c1N. The number of nitrogens with two attached hydrogens (primary N) is 1. The van der Waals surface area contributed by atoms with Crippen LogP contribution in [0, 0.1) is 0 Å². The fourth-order valence-electron chi connectivity index (χ4n) is 2.09. The van der Waals surface area contributed by atoms with Gasteiger partial charge in [-0.2, -0.15) is 0 Å². The highest BCUT2D eigenvalue weighted by atomic mass is 16.5. The van der Waals surface area contributed by atoms with Crippen molar-refractivity contribution in [2.24, 2.45) is 0 Å². The fourth-order valence-corrected chi connectivity index (χ4v) is 2.09. The second-order valence-corrected chi connectivity index (χ2v) is 4.61. The molecule has 0 aliphatic rings. The van der Waals surface area contributed by atoms with Gasteiger partial charge in [0.15, 0.2) is 0 Å². The van der Waals surface area contributed by atoms with Gasteiger partial charge in [0.1, 0.15) is 5.75 Å². The Balaban J connectivity index is 2.55. The van der Waals surface area contributed by atoms with E-state index in [1.54, 1.807) is 18.2 Å². The molecule has 1 aromatic rings. The molecular weight excluding hydrogens is 254 g/mol.